The maximum Gasteiger partial charge on any atom is 0.221 e. The fourth-order valence-corrected chi connectivity index (χ4v) is 3.21. The molecule has 22 heavy (non-hydrogen) atoms. The zero-order valence-electron chi connectivity index (χ0n) is 12.3. The Kier molecular flexibility index (Phi) is 7.34. The Hall–Kier alpha value is -1.60. The molecular formula is C14H19ClN2O4S. The summed E-state index contributed by atoms with van der Waals surface area (Å²) in [5.74, 6) is -0.738. The lowest BCUT2D eigenvalue weighted by molar-refractivity contribution is -0.120. The smallest absolute Gasteiger partial charge is 0.221 e. The van der Waals surface area contributed by atoms with Crippen LogP contribution in [0.1, 0.15) is 19.8 Å². The summed E-state index contributed by atoms with van der Waals surface area (Å²) in [6.45, 7) is 2.27. The topological polar surface area (TPSA) is 92.3 Å². The fourth-order valence-electron chi connectivity index (χ4n) is 1.67. The number of benzene rings is 1. The summed E-state index contributed by atoms with van der Waals surface area (Å²) < 4.78 is 24.1. The molecule has 0 aliphatic rings. The van der Waals surface area contributed by atoms with Gasteiger partial charge in [0.15, 0.2) is 9.84 Å². The first-order valence-corrected chi connectivity index (χ1v) is 8.84. The Morgan fingerprint density at radius 1 is 1.18 bits per heavy atom. The SMILES string of the molecule is CC(=O)NCCCNC(=O)CCS(=O)(=O)c1cccc(Cl)c1. The number of halogens is 1. The van der Waals surface area contributed by atoms with E-state index < -0.39 is 9.84 Å². The van der Waals surface area contributed by atoms with Crippen molar-refractivity contribution in [1.82, 2.24) is 10.6 Å². The lowest BCUT2D eigenvalue weighted by Crippen LogP contribution is -2.29. The maximum atomic E-state index is 12.1. The van der Waals surface area contributed by atoms with Crippen molar-refractivity contribution in [2.75, 3.05) is 18.8 Å². The highest BCUT2D eigenvalue weighted by atomic mass is 35.5. The molecule has 0 bridgehead atoms. The number of carbonyl (C=O) groups is 2. The highest BCUT2D eigenvalue weighted by Crippen LogP contribution is 2.17. The van der Waals surface area contributed by atoms with Crippen molar-refractivity contribution < 1.29 is 18.0 Å². The van der Waals surface area contributed by atoms with Gasteiger partial charge in [-0.05, 0) is 24.6 Å². The van der Waals surface area contributed by atoms with Gasteiger partial charge in [0.25, 0.3) is 0 Å². The molecule has 0 saturated carbocycles. The molecule has 1 rings (SSSR count). The zero-order valence-corrected chi connectivity index (χ0v) is 13.8. The summed E-state index contributed by atoms with van der Waals surface area (Å²) in [6, 6.07) is 5.95. The Morgan fingerprint density at radius 2 is 1.86 bits per heavy atom. The quantitative estimate of drug-likeness (QED) is 0.690. The van der Waals surface area contributed by atoms with E-state index in [0.29, 0.717) is 24.5 Å². The van der Waals surface area contributed by atoms with Gasteiger partial charge in [0.1, 0.15) is 0 Å². The van der Waals surface area contributed by atoms with Crippen LogP contribution in [0.5, 0.6) is 0 Å². The van der Waals surface area contributed by atoms with Gasteiger partial charge < -0.3 is 10.6 Å². The molecule has 2 amide bonds. The van der Waals surface area contributed by atoms with E-state index in [1.54, 1.807) is 12.1 Å². The Bertz CT molecular complexity index is 631. The van der Waals surface area contributed by atoms with Crippen LogP contribution in [0.3, 0.4) is 0 Å². The molecule has 0 fully saturated rings. The third-order valence-electron chi connectivity index (χ3n) is 2.80. The van der Waals surface area contributed by atoms with Crippen molar-refractivity contribution in [3.8, 4) is 0 Å². The van der Waals surface area contributed by atoms with Gasteiger partial charge in [-0.2, -0.15) is 0 Å². The molecule has 0 unspecified atom stereocenters. The van der Waals surface area contributed by atoms with Gasteiger partial charge in [0, 0.05) is 31.5 Å². The number of nitrogens with one attached hydrogen (secondary N) is 2. The van der Waals surface area contributed by atoms with Crippen molar-refractivity contribution >= 4 is 33.3 Å². The minimum Gasteiger partial charge on any atom is -0.356 e. The number of amides is 2. The summed E-state index contributed by atoms with van der Waals surface area (Å²) in [5, 5.41) is 5.55. The average Bonchev–Trinajstić information content (AvgIpc) is 2.44. The lowest BCUT2D eigenvalue weighted by atomic mass is 10.4. The van der Waals surface area contributed by atoms with E-state index in [-0.39, 0.29) is 28.9 Å². The van der Waals surface area contributed by atoms with Gasteiger partial charge in [0.05, 0.1) is 10.6 Å². The van der Waals surface area contributed by atoms with Gasteiger partial charge in [-0.15, -0.1) is 0 Å². The predicted octanol–water partition coefficient (Wildman–Crippen LogP) is 1.15. The first kappa shape index (κ1) is 18.4. The van der Waals surface area contributed by atoms with Crippen LogP contribution < -0.4 is 10.6 Å². The van der Waals surface area contributed by atoms with Crippen molar-refractivity contribution in [3.05, 3.63) is 29.3 Å². The second-order valence-corrected chi connectivity index (χ2v) is 7.26. The number of hydrogen-bond acceptors (Lipinski definition) is 4. The van der Waals surface area contributed by atoms with E-state index in [4.69, 9.17) is 11.6 Å². The highest BCUT2D eigenvalue weighted by molar-refractivity contribution is 7.91. The lowest BCUT2D eigenvalue weighted by Gasteiger charge is -2.07. The Balaban J connectivity index is 2.35. The number of carbonyl (C=O) groups excluding carboxylic acids is 2. The molecule has 0 atom stereocenters. The molecule has 2 N–H and O–H groups in total. The monoisotopic (exact) mass is 346 g/mol. The Morgan fingerprint density at radius 3 is 2.50 bits per heavy atom. The van der Waals surface area contributed by atoms with Crippen LogP contribution in [0.2, 0.25) is 5.02 Å². The molecule has 0 aliphatic heterocycles. The average molecular weight is 347 g/mol. The van der Waals surface area contributed by atoms with E-state index in [1.807, 2.05) is 0 Å². The molecule has 0 aromatic heterocycles. The largest absolute Gasteiger partial charge is 0.356 e. The summed E-state index contributed by atoms with van der Waals surface area (Å²) >= 11 is 5.76. The van der Waals surface area contributed by atoms with Gasteiger partial charge in [-0.25, -0.2) is 8.42 Å². The van der Waals surface area contributed by atoms with Crippen LogP contribution >= 0.6 is 11.6 Å². The van der Waals surface area contributed by atoms with E-state index in [1.165, 1.54) is 19.1 Å². The van der Waals surface area contributed by atoms with E-state index >= 15 is 0 Å². The van der Waals surface area contributed by atoms with E-state index in [0.717, 1.165) is 0 Å². The molecular weight excluding hydrogens is 328 g/mol. The third kappa shape index (κ3) is 6.91. The summed E-state index contributed by atoms with van der Waals surface area (Å²) in [7, 11) is -3.53. The minimum atomic E-state index is -3.53. The van der Waals surface area contributed by atoms with Crippen molar-refractivity contribution in [2.24, 2.45) is 0 Å². The number of hydrogen-bond donors (Lipinski definition) is 2. The summed E-state index contributed by atoms with van der Waals surface area (Å²) in [5.41, 5.74) is 0. The third-order valence-corrected chi connectivity index (χ3v) is 4.75. The number of sulfone groups is 1. The van der Waals surface area contributed by atoms with Crippen LogP contribution in [0.25, 0.3) is 0 Å². The van der Waals surface area contributed by atoms with Crippen LogP contribution in [0.4, 0.5) is 0 Å². The number of rotatable bonds is 8. The van der Waals surface area contributed by atoms with Crippen LogP contribution in [0, 0.1) is 0 Å². The summed E-state index contributed by atoms with van der Waals surface area (Å²) in [6.07, 6.45) is 0.474. The normalized spacial score (nSPS) is 11.0. The van der Waals surface area contributed by atoms with Crippen LogP contribution in [0.15, 0.2) is 29.2 Å². The second-order valence-electron chi connectivity index (χ2n) is 4.71. The molecule has 0 aliphatic carbocycles. The van der Waals surface area contributed by atoms with Gasteiger partial charge in [0.2, 0.25) is 11.8 Å². The first-order valence-electron chi connectivity index (χ1n) is 6.81. The van der Waals surface area contributed by atoms with E-state index in [9.17, 15) is 18.0 Å². The van der Waals surface area contributed by atoms with Crippen molar-refractivity contribution in [3.63, 3.8) is 0 Å². The molecule has 0 spiro atoms. The van der Waals surface area contributed by atoms with E-state index in [2.05, 4.69) is 10.6 Å². The highest BCUT2D eigenvalue weighted by Gasteiger charge is 2.16. The van der Waals surface area contributed by atoms with Gasteiger partial charge in [-0.1, -0.05) is 17.7 Å². The molecule has 0 radical (unpaired) electrons. The Labute approximate surface area is 135 Å². The standard InChI is InChI=1S/C14H19ClN2O4S/c1-11(18)16-7-3-8-17-14(19)6-9-22(20,21)13-5-2-4-12(15)10-13/h2,4-5,10H,3,6-9H2,1H3,(H,16,18)(H,17,19). The molecule has 122 valence electrons. The van der Waals surface area contributed by atoms with Crippen LogP contribution in [-0.2, 0) is 19.4 Å². The minimum absolute atomic E-state index is 0.110. The molecule has 6 nitrogen and oxygen atoms in total. The first-order chi connectivity index (χ1) is 10.3. The molecule has 1 aromatic rings. The molecule has 0 saturated heterocycles. The van der Waals surface area contributed by atoms with Crippen molar-refractivity contribution in [1.29, 1.82) is 0 Å². The molecule has 0 heterocycles. The zero-order chi connectivity index (χ0) is 16.6. The van der Waals surface area contributed by atoms with Crippen LogP contribution in [-0.4, -0.2) is 39.1 Å². The molecule has 1 aromatic carbocycles. The van der Waals surface area contributed by atoms with Gasteiger partial charge in [-0.3, -0.25) is 9.59 Å². The fraction of sp³-hybridized carbons (Fsp3) is 0.429. The second kappa shape index (κ2) is 8.75. The molecule has 8 heteroatoms. The maximum absolute atomic E-state index is 12.1. The predicted molar refractivity (Wildman–Crippen MR) is 84.4 cm³/mol. The summed E-state index contributed by atoms with van der Waals surface area (Å²) in [4.78, 5) is 22.3. The van der Waals surface area contributed by atoms with Crippen molar-refractivity contribution in [2.45, 2.75) is 24.7 Å². The van der Waals surface area contributed by atoms with Gasteiger partial charge >= 0.3 is 0 Å².